The summed E-state index contributed by atoms with van der Waals surface area (Å²) in [7, 11) is 0. The van der Waals surface area contributed by atoms with E-state index in [0.717, 1.165) is 43.9 Å². The third-order valence-corrected chi connectivity index (χ3v) is 10.5. The van der Waals surface area contributed by atoms with Gasteiger partial charge < -0.3 is 10.2 Å². The molecule has 0 aliphatic heterocycles. The predicted molar refractivity (Wildman–Crippen MR) is 121 cm³/mol. The van der Waals surface area contributed by atoms with E-state index in [9.17, 15) is 10.2 Å². The summed E-state index contributed by atoms with van der Waals surface area (Å²) in [6, 6.07) is 0. The van der Waals surface area contributed by atoms with Crippen molar-refractivity contribution in [2.45, 2.75) is 117 Å². The summed E-state index contributed by atoms with van der Waals surface area (Å²) in [6.45, 7) is 12.0. The lowest BCUT2D eigenvalue weighted by atomic mass is 9.45. The molecule has 0 aromatic rings. The number of hydrogen-bond donors (Lipinski definition) is 2. The maximum absolute atomic E-state index is 12.3. The molecule has 2 nitrogen and oxygen atoms in total. The molecule has 0 radical (unpaired) electrons. The summed E-state index contributed by atoms with van der Waals surface area (Å²) in [5.74, 6) is 3.21. The topological polar surface area (TPSA) is 40.5 Å². The van der Waals surface area contributed by atoms with Crippen molar-refractivity contribution in [1.82, 2.24) is 0 Å². The van der Waals surface area contributed by atoms with E-state index in [0.29, 0.717) is 17.8 Å². The molecule has 0 spiro atoms. The molecule has 166 valence electrons. The molecule has 2 heteroatoms. The Morgan fingerprint density at radius 3 is 2.48 bits per heavy atom. The fourth-order valence-corrected chi connectivity index (χ4v) is 8.61. The van der Waals surface area contributed by atoms with Crippen LogP contribution in [0, 0.1) is 40.4 Å². The highest BCUT2D eigenvalue weighted by Crippen LogP contribution is 2.69. The zero-order valence-corrected chi connectivity index (χ0v) is 19.7. The van der Waals surface area contributed by atoms with E-state index in [4.69, 9.17) is 0 Å². The highest BCUT2D eigenvalue weighted by atomic mass is 16.3. The van der Waals surface area contributed by atoms with Crippen LogP contribution in [0.15, 0.2) is 11.6 Å². The average Bonchev–Trinajstić information content (AvgIpc) is 2.93. The Balaban J connectivity index is 1.55. The van der Waals surface area contributed by atoms with Crippen LogP contribution in [0.3, 0.4) is 0 Å². The van der Waals surface area contributed by atoms with Gasteiger partial charge in [-0.3, -0.25) is 0 Å². The summed E-state index contributed by atoms with van der Waals surface area (Å²) >= 11 is 0. The largest absolute Gasteiger partial charge is 0.393 e. The van der Waals surface area contributed by atoms with Gasteiger partial charge in [-0.15, -0.1) is 0 Å². The lowest BCUT2D eigenvalue weighted by molar-refractivity contribution is -0.183. The van der Waals surface area contributed by atoms with E-state index in [2.05, 4.69) is 40.7 Å². The van der Waals surface area contributed by atoms with Crippen molar-refractivity contribution in [3.63, 3.8) is 0 Å². The maximum atomic E-state index is 12.3. The normalized spacial score (nSPS) is 47.9. The van der Waals surface area contributed by atoms with Gasteiger partial charge in [-0.2, -0.15) is 0 Å². The summed E-state index contributed by atoms with van der Waals surface area (Å²) in [5, 5.41) is 22.5. The molecule has 4 rings (SSSR count). The summed E-state index contributed by atoms with van der Waals surface area (Å²) in [5.41, 5.74) is 1.30. The third kappa shape index (κ3) is 3.36. The zero-order valence-electron chi connectivity index (χ0n) is 19.7. The SMILES string of the molecule is CC(C)CCC[C@@H](C)[C@H]1CC[C@@]2(O)[C@@H]3CC=C4C[C@@H](O)CC[C@]4(C)[C@H]3CC[C@]12C. The molecule has 3 saturated carbocycles. The van der Waals surface area contributed by atoms with Crippen molar-refractivity contribution >= 4 is 0 Å². The average molecular weight is 403 g/mol. The molecule has 0 saturated heterocycles. The van der Waals surface area contributed by atoms with Crippen LogP contribution in [0.25, 0.3) is 0 Å². The quantitative estimate of drug-likeness (QED) is 0.515. The second-order valence-corrected chi connectivity index (χ2v) is 12.3. The Labute approximate surface area is 179 Å². The minimum Gasteiger partial charge on any atom is -0.393 e. The van der Waals surface area contributed by atoms with Crippen LogP contribution in [0.2, 0.25) is 0 Å². The van der Waals surface area contributed by atoms with E-state index in [1.807, 2.05) is 0 Å². The maximum Gasteiger partial charge on any atom is 0.0737 e. The first-order chi connectivity index (χ1) is 13.6. The van der Waals surface area contributed by atoms with E-state index in [1.165, 1.54) is 44.1 Å². The second kappa shape index (κ2) is 7.66. The first kappa shape index (κ1) is 21.9. The fourth-order valence-electron chi connectivity index (χ4n) is 8.61. The van der Waals surface area contributed by atoms with Gasteiger partial charge in [0.2, 0.25) is 0 Å². The summed E-state index contributed by atoms with van der Waals surface area (Å²) < 4.78 is 0. The third-order valence-electron chi connectivity index (χ3n) is 10.5. The smallest absolute Gasteiger partial charge is 0.0737 e. The Morgan fingerprint density at radius 1 is 1.00 bits per heavy atom. The van der Waals surface area contributed by atoms with Gasteiger partial charge in [0.25, 0.3) is 0 Å². The minimum absolute atomic E-state index is 0.0846. The summed E-state index contributed by atoms with van der Waals surface area (Å²) in [6.07, 6.45) is 14.9. The van der Waals surface area contributed by atoms with E-state index in [1.54, 1.807) is 0 Å². The van der Waals surface area contributed by atoms with Gasteiger partial charge in [0, 0.05) is 0 Å². The fraction of sp³-hybridized carbons (Fsp3) is 0.926. The highest BCUT2D eigenvalue weighted by molar-refractivity contribution is 5.28. The van der Waals surface area contributed by atoms with Crippen LogP contribution in [-0.4, -0.2) is 21.9 Å². The van der Waals surface area contributed by atoms with Gasteiger partial charge >= 0.3 is 0 Å². The van der Waals surface area contributed by atoms with E-state index < -0.39 is 5.60 Å². The molecule has 0 amide bonds. The molecule has 8 atom stereocenters. The van der Waals surface area contributed by atoms with Crippen LogP contribution < -0.4 is 0 Å². The van der Waals surface area contributed by atoms with Gasteiger partial charge in [-0.1, -0.05) is 65.5 Å². The monoisotopic (exact) mass is 402 g/mol. The van der Waals surface area contributed by atoms with Crippen molar-refractivity contribution in [1.29, 1.82) is 0 Å². The number of rotatable bonds is 5. The number of aliphatic hydroxyl groups excluding tert-OH is 1. The number of hydrogen-bond acceptors (Lipinski definition) is 2. The molecule has 0 aromatic heterocycles. The molecule has 2 N–H and O–H groups in total. The lowest BCUT2D eigenvalue weighted by Gasteiger charge is -2.61. The summed E-state index contributed by atoms with van der Waals surface area (Å²) in [4.78, 5) is 0. The van der Waals surface area contributed by atoms with Gasteiger partial charge in [0.15, 0.2) is 0 Å². The van der Waals surface area contributed by atoms with Crippen LogP contribution in [0.1, 0.15) is 105 Å². The van der Waals surface area contributed by atoms with Crippen molar-refractivity contribution in [3.8, 4) is 0 Å². The number of allylic oxidation sites excluding steroid dienone is 1. The standard InChI is InChI=1S/C27H46O2/c1-18(2)7-6-8-19(3)22-13-16-27(29)24-10-9-20-17-21(28)11-14-25(20,4)23(24)12-15-26(22,27)5/h9,18-19,21-24,28-29H,6-8,10-17H2,1-5H3/t19-,21+,22-,23+,24-,25+,26-,27-/m1/s1. The molecule has 0 aromatic carbocycles. The van der Waals surface area contributed by atoms with Gasteiger partial charge in [0.1, 0.15) is 0 Å². The Kier molecular flexibility index (Phi) is 5.78. The first-order valence-corrected chi connectivity index (χ1v) is 12.7. The molecular weight excluding hydrogens is 356 g/mol. The van der Waals surface area contributed by atoms with Crippen molar-refractivity contribution in [2.75, 3.05) is 0 Å². The second-order valence-electron chi connectivity index (χ2n) is 12.3. The molecule has 4 aliphatic rings. The number of fused-ring (bicyclic) bond motifs is 5. The minimum atomic E-state index is -0.492. The molecule has 3 fully saturated rings. The highest BCUT2D eigenvalue weighted by Gasteiger charge is 2.66. The molecule has 0 heterocycles. The van der Waals surface area contributed by atoms with Gasteiger partial charge in [-0.05, 0) is 91.8 Å². The molecule has 0 unspecified atom stereocenters. The van der Waals surface area contributed by atoms with E-state index >= 15 is 0 Å². The van der Waals surface area contributed by atoms with Crippen LogP contribution in [0.4, 0.5) is 0 Å². The van der Waals surface area contributed by atoms with Crippen LogP contribution in [0.5, 0.6) is 0 Å². The molecule has 29 heavy (non-hydrogen) atoms. The Bertz CT molecular complexity index is 638. The zero-order chi connectivity index (χ0) is 21.0. The first-order valence-electron chi connectivity index (χ1n) is 12.7. The Hall–Kier alpha value is -0.340. The number of aliphatic hydroxyl groups is 2. The molecular formula is C27H46O2. The van der Waals surface area contributed by atoms with Crippen molar-refractivity contribution < 1.29 is 10.2 Å². The van der Waals surface area contributed by atoms with Gasteiger partial charge in [0.05, 0.1) is 11.7 Å². The lowest BCUT2D eigenvalue weighted by Crippen LogP contribution is -2.60. The van der Waals surface area contributed by atoms with E-state index in [-0.39, 0.29) is 16.9 Å². The van der Waals surface area contributed by atoms with Crippen molar-refractivity contribution in [2.24, 2.45) is 40.4 Å². The Morgan fingerprint density at radius 2 is 1.76 bits per heavy atom. The van der Waals surface area contributed by atoms with Crippen LogP contribution >= 0.6 is 0 Å². The van der Waals surface area contributed by atoms with Crippen molar-refractivity contribution in [3.05, 3.63) is 11.6 Å². The van der Waals surface area contributed by atoms with Gasteiger partial charge in [-0.25, -0.2) is 0 Å². The van der Waals surface area contributed by atoms with Crippen LogP contribution in [-0.2, 0) is 0 Å². The molecule has 0 bridgehead atoms. The predicted octanol–water partition coefficient (Wildman–Crippen LogP) is 6.50. The molecule has 4 aliphatic carbocycles.